The lowest BCUT2D eigenvalue weighted by Crippen LogP contribution is -2.41. The van der Waals surface area contributed by atoms with Crippen molar-refractivity contribution in [2.24, 2.45) is 0 Å². The van der Waals surface area contributed by atoms with E-state index in [2.05, 4.69) is 12.2 Å². The van der Waals surface area contributed by atoms with E-state index in [-0.39, 0.29) is 0 Å². The van der Waals surface area contributed by atoms with Gasteiger partial charge in [-0.1, -0.05) is 0 Å². The number of nitrogens with one attached hydrogen (secondary N) is 1. The zero-order valence-electron chi connectivity index (χ0n) is 9.42. The summed E-state index contributed by atoms with van der Waals surface area (Å²) in [4.78, 5) is 0. The molecule has 0 radical (unpaired) electrons. The van der Waals surface area contributed by atoms with Crippen LogP contribution in [0.15, 0.2) is 0 Å². The molecule has 0 aromatic rings. The van der Waals surface area contributed by atoms with Crippen molar-refractivity contribution in [2.75, 3.05) is 26.9 Å². The molecule has 2 unspecified atom stereocenters. The molecule has 0 spiro atoms. The molecule has 2 atom stereocenters. The molecule has 1 fully saturated rings. The van der Waals surface area contributed by atoms with Gasteiger partial charge in [0.1, 0.15) is 0 Å². The van der Waals surface area contributed by atoms with Gasteiger partial charge in [0, 0.05) is 32.9 Å². The summed E-state index contributed by atoms with van der Waals surface area (Å²) in [5.41, 5.74) is 0. The Morgan fingerprint density at radius 2 is 2.00 bits per heavy atom. The van der Waals surface area contributed by atoms with Crippen molar-refractivity contribution in [1.82, 2.24) is 5.32 Å². The summed E-state index contributed by atoms with van der Waals surface area (Å²) in [6.07, 6.45) is 5.10. The Hall–Kier alpha value is -0.120. The van der Waals surface area contributed by atoms with Crippen LogP contribution in [0.4, 0.5) is 0 Å². The number of hydrogen-bond acceptors (Lipinski definition) is 3. The van der Waals surface area contributed by atoms with Crippen molar-refractivity contribution in [3.8, 4) is 0 Å². The van der Waals surface area contributed by atoms with Gasteiger partial charge in [0.2, 0.25) is 0 Å². The Kier molecular flexibility index (Phi) is 6.15. The van der Waals surface area contributed by atoms with Gasteiger partial charge in [0.15, 0.2) is 0 Å². The van der Waals surface area contributed by atoms with E-state index in [4.69, 9.17) is 9.47 Å². The fourth-order valence-electron chi connectivity index (χ4n) is 1.71. The molecular formula is C11H23NO2. The Morgan fingerprint density at radius 3 is 2.64 bits per heavy atom. The van der Waals surface area contributed by atoms with E-state index in [9.17, 15) is 0 Å². The molecule has 3 nitrogen and oxygen atoms in total. The molecule has 1 N–H and O–H groups in total. The quantitative estimate of drug-likeness (QED) is 0.662. The predicted molar refractivity (Wildman–Crippen MR) is 57.5 cm³/mol. The summed E-state index contributed by atoms with van der Waals surface area (Å²) in [6.45, 7) is 4.98. The molecule has 0 aliphatic carbocycles. The van der Waals surface area contributed by atoms with Crippen LogP contribution in [0.3, 0.4) is 0 Å². The minimum atomic E-state index is 0.439. The van der Waals surface area contributed by atoms with E-state index in [1.54, 1.807) is 7.11 Å². The highest BCUT2D eigenvalue weighted by molar-refractivity contribution is 4.74. The minimum absolute atomic E-state index is 0.439. The van der Waals surface area contributed by atoms with Gasteiger partial charge < -0.3 is 14.8 Å². The predicted octanol–water partition coefficient (Wildman–Crippen LogP) is 1.57. The average molecular weight is 201 g/mol. The number of rotatable bonds is 6. The molecule has 0 aromatic carbocycles. The van der Waals surface area contributed by atoms with Gasteiger partial charge in [0.05, 0.1) is 6.10 Å². The van der Waals surface area contributed by atoms with E-state index in [0.717, 1.165) is 32.6 Å². The second kappa shape index (κ2) is 7.21. The van der Waals surface area contributed by atoms with Crippen molar-refractivity contribution in [2.45, 2.75) is 44.8 Å². The second-order valence-electron chi connectivity index (χ2n) is 4.08. The highest BCUT2D eigenvalue weighted by Gasteiger charge is 2.17. The Labute approximate surface area is 87.2 Å². The van der Waals surface area contributed by atoms with Gasteiger partial charge in [-0.25, -0.2) is 0 Å². The normalized spacial score (nSPS) is 27.9. The van der Waals surface area contributed by atoms with E-state index in [0.29, 0.717) is 12.1 Å². The van der Waals surface area contributed by atoms with Crippen LogP contribution in [0.1, 0.15) is 32.6 Å². The maximum atomic E-state index is 5.76. The number of unbranched alkanes of at least 4 members (excludes halogenated alkanes) is 1. The van der Waals surface area contributed by atoms with Crippen molar-refractivity contribution in [1.29, 1.82) is 0 Å². The van der Waals surface area contributed by atoms with E-state index in [1.807, 2.05) is 0 Å². The monoisotopic (exact) mass is 201 g/mol. The van der Waals surface area contributed by atoms with E-state index >= 15 is 0 Å². The van der Waals surface area contributed by atoms with Crippen molar-refractivity contribution in [3.05, 3.63) is 0 Å². The lowest BCUT2D eigenvalue weighted by atomic mass is 10.0. The number of methoxy groups -OCH3 is 1. The highest BCUT2D eigenvalue weighted by atomic mass is 16.5. The molecule has 1 heterocycles. The van der Waals surface area contributed by atoms with Crippen LogP contribution in [-0.4, -0.2) is 39.0 Å². The first-order chi connectivity index (χ1) is 6.83. The first kappa shape index (κ1) is 12.0. The summed E-state index contributed by atoms with van der Waals surface area (Å²) in [5, 5.41) is 3.43. The Balaban J connectivity index is 1.91. The third kappa shape index (κ3) is 4.94. The van der Waals surface area contributed by atoms with Crippen LogP contribution in [-0.2, 0) is 9.47 Å². The van der Waals surface area contributed by atoms with Crippen LogP contribution < -0.4 is 5.32 Å². The molecule has 0 bridgehead atoms. The van der Waals surface area contributed by atoms with Gasteiger partial charge in [-0.15, -0.1) is 0 Å². The minimum Gasteiger partial charge on any atom is -0.385 e. The molecule has 1 saturated heterocycles. The van der Waals surface area contributed by atoms with Gasteiger partial charge in [0.25, 0.3) is 0 Å². The molecule has 84 valence electrons. The summed E-state index contributed by atoms with van der Waals surface area (Å²) in [7, 11) is 1.74. The molecule has 0 amide bonds. The maximum absolute atomic E-state index is 5.76. The first-order valence-electron chi connectivity index (χ1n) is 5.67. The Bertz CT molecular complexity index is 133. The van der Waals surface area contributed by atoms with Crippen molar-refractivity contribution >= 4 is 0 Å². The fourth-order valence-corrected chi connectivity index (χ4v) is 1.71. The van der Waals surface area contributed by atoms with Gasteiger partial charge in [-0.05, 0) is 32.6 Å². The van der Waals surface area contributed by atoms with Crippen molar-refractivity contribution in [3.63, 3.8) is 0 Å². The van der Waals surface area contributed by atoms with E-state index in [1.165, 1.54) is 12.8 Å². The third-order valence-corrected chi connectivity index (χ3v) is 2.71. The van der Waals surface area contributed by atoms with Gasteiger partial charge in [-0.3, -0.25) is 0 Å². The average Bonchev–Trinajstić information content (AvgIpc) is 2.21. The smallest absolute Gasteiger partial charge is 0.0700 e. The van der Waals surface area contributed by atoms with Crippen LogP contribution >= 0.6 is 0 Å². The van der Waals surface area contributed by atoms with Crippen molar-refractivity contribution < 1.29 is 9.47 Å². The molecule has 1 aliphatic rings. The van der Waals surface area contributed by atoms with Crippen LogP contribution in [0.5, 0.6) is 0 Å². The number of hydrogen-bond donors (Lipinski definition) is 1. The van der Waals surface area contributed by atoms with Gasteiger partial charge in [-0.2, -0.15) is 0 Å². The topological polar surface area (TPSA) is 30.5 Å². The van der Waals surface area contributed by atoms with Gasteiger partial charge >= 0.3 is 0 Å². The van der Waals surface area contributed by atoms with Crippen LogP contribution in [0.2, 0.25) is 0 Å². The zero-order valence-corrected chi connectivity index (χ0v) is 9.42. The molecular weight excluding hydrogens is 178 g/mol. The summed E-state index contributed by atoms with van der Waals surface area (Å²) < 4.78 is 10.7. The number of piperidine rings is 1. The molecule has 0 saturated carbocycles. The SMILES string of the molecule is COCCCCOC1CCC(C)NC1. The van der Waals surface area contributed by atoms with E-state index < -0.39 is 0 Å². The molecule has 3 heteroatoms. The summed E-state index contributed by atoms with van der Waals surface area (Å²) >= 11 is 0. The molecule has 1 rings (SSSR count). The fraction of sp³-hybridized carbons (Fsp3) is 1.00. The zero-order chi connectivity index (χ0) is 10.2. The number of ether oxygens (including phenoxy) is 2. The second-order valence-corrected chi connectivity index (χ2v) is 4.08. The lowest BCUT2D eigenvalue weighted by molar-refractivity contribution is 0.0263. The Morgan fingerprint density at radius 1 is 1.21 bits per heavy atom. The highest BCUT2D eigenvalue weighted by Crippen LogP contribution is 2.11. The standard InChI is InChI=1S/C11H23NO2/c1-10-5-6-11(9-12-10)14-8-4-3-7-13-2/h10-12H,3-9H2,1-2H3. The largest absolute Gasteiger partial charge is 0.385 e. The lowest BCUT2D eigenvalue weighted by Gasteiger charge is -2.27. The molecule has 14 heavy (non-hydrogen) atoms. The third-order valence-electron chi connectivity index (χ3n) is 2.71. The van der Waals surface area contributed by atoms with Crippen LogP contribution in [0, 0.1) is 0 Å². The molecule has 0 aromatic heterocycles. The summed E-state index contributed by atoms with van der Waals surface area (Å²) in [6, 6.07) is 0.670. The molecule has 1 aliphatic heterocycles. The first-order valence-corrected chi connectivity index (χ1v) is 5.67. The van der Waals surface area contributed by atoms with Crippen LogP contribution in [0.25, 0.3) is 0 Å². The maximum Gasteiger partial charge on any atom is 0.0700 e. The summed E-state index contributed by atoms with van der Waals surface area (Å²) in [5.74, 6) is 0.